The summed E-state index contributed by atoms with van der Waals surface area (Å²) in [6.45, 7) is 11.5. The number of carbonyl (C=O) groups excluding carboxylic acids is 1. The molecular formula is C23H30N4O2S. The number of amides is 1. The second-order valence-corrected chi connectivity index (χ2v) is 7.98. The molecule has 7 heteroatoms. The molecule has 1 saturated heterocycles. The summed E-state index contributed by atoms with van der Waals surface area (Å²) >= 11 is 5.30. The Kier molecular flexibility index (Phi) is 7.65. The molecule has 2 aromatic carbocycles. The third kappa shape index (κ3) is 6.18. The van der Waals surface area contributed by atoms with Crippen LogP contribution in [0.25, 0.3) is 0 Å². The summed E-state index contributed by atoms with van der Waals surface area (Å²) in [6.07, 6.45) is 0.0915. The average molecular weight is 427 g/mol. The molecule has 1 amide bonds. The Hall–Kier alpha value is -2.64. The summed E-state index contributed by atoms with van der Waals surface area (Å²) in [5, 5.41) is 6.06. The first-order valence-electron chi connectivity index (χ1n) is 10.4. The van der Waals surface area contributed by atoms with Crippen molar-refractivity contribution in [2.45, 2.75) is 26.9 Å². The van der Waals surface area contributed by atoms with Crippen LogP contribution in [0.4, 0.5) is 11.4 Å². The van der Waals surface area contributed by atoms with E-state index in [1.54, 1.807) is 24.3 Å². The first-order chi connectivity index (χ1) is 14.4. The molecule has 0 unspecified atom stereocenters. The van der Waals surface area contributed by atoms with Crippen molar-refractivity contribution in [2.24, 2.45) is 0 Å². The van der Waals surface area contributed by atoms with Gasteiger partial charge in [-0.15, -0.1) is 0 Å². The number of benzene rings is 2. The number of hydrogen-bond acceptors (Lipinski definition) is 5. The van der Waals surface area contributed by atoms with E-state index in [0.29, 0.717) is 5.56 Å². The van der Waals surface area contributed by atoms with Crippen LogP contribution in [0, 0.1) is 0 Å². The van der Waals surface area contributed by atoms with Crippen LogP contribution in [0.5, 0.6) is 5.75 Å². The van der Waals surface area contributed by atoms with Gasteiger partial charge in [0.15, 0.2) is 5.11 Å². The Morgan fingerprint density at radius 3 is 2.23 bits per heavy atom. The smallest absolute Gasteiger partial charge is 0.257 e. The molecule has 0 aliphatic carbocycles. The molecule has 160 valence electrons. The van der Waals surface area contributed by atoms with Crippen LogP contribution in [0.2, 0.25) is 0 Å². The third-order valence-electron chi connectivity index (χ3n) is 5.03. The van der Waals surface area contributed by atoms with Crippen molar-refractivity contribution >= 4 is 34.6 Å². The fourth-order valence-corrected chi connectivity index (χ4v) is 3.58. The molecule has 0 radical (unpaired) electrons. The number of carbonyl (C=O) groups is 1. The highest BCUT2D eigenvalue weighted by molar-refractivity contribution is 7.80. The maximum atomic E-state index is 12.4. The molecule has 30 heavy (non-hydrogen) atoms. The zero-order chi connectivity index (χ0) is 21.5. The van der Waals surface area contributed by atoms with E-state index < -0.39 is 0 Å². The lowest BCUT2D eigenvalue weighted by Crippen LogP contribution is -2.46. The van der Waals surface area contributed by atoms with Gasteiger partial charge in [-0.1, -0.05) is 6.92 Å². The van der Waals surface area contributed by atoms with Crippen LogP contribution < -0.4 is 20.3 Å². The highest BCUT2D eigenvalue weighted by Gasteiger charge is 2.15. The Labute approximate surface area is 184 Å². The average Bonchev–Trinajstić information content (AvgIpc) is 2.74. The van der Waals surface area contributed by atoms with Gasteiger partial charge in [-0.05, 0) is 81.1 Å². The number of anilines is 2. The molecule has 2 aromatic rings. The highest BCUT2D eigenvalue weighted by atomic mass is 32.1. The number of nitrogens with zero attached hydrogens (tertiary/aromatic N) is 2. The van der Waals surface area contributed by atoms with Crippen molar-refractivity contribution in [1.29, 1.82) is 0 Å². The molecular weight excluding hydrogens is 396 g/mol. The third-order valence-corrected chi connectivity index (χ3v) is 5.23. The number of hydrogen-bond donors (Lipinski definition) is 2. The van der Waals surface area contributed by atoms with Crippen LogP contribution in [-0.4, -0.2) is 54.7 Å². The molecule has 3 rings (SSSR count). The summed E-state index contributed by atoms with van der Waals surface area (Å²) in [4.78, 5) is 17.2. The molecule has 0 atom stereocenters. The fraction of sp³-hybridized carbons (Fsp3) is 0.391. The monoisotopic (exact) mass is 426 g/mol. The van der Waals surface area contributed by atoms with E-state index in [2.05, 4.69) is 39.5 Å². The molecule has 1 fully saturated rings. The zero-order valence-corrected chi connectivity index (χ0v) is 18.7. The van der Waals surface area contributed by atoms with E-state index in [1.165, 1.54) is 5.69 Å². The first kappa shape index (κ1) is 22.1. The van der Waals surface area contributed by atoms with Gasteiger partial charge in [-0.25, -0.2) is 0 Å². The van der Waals surface area contributed by atoms with E-state index in [4.69, 9.17) is 17.0 Å². The quantitative estimate of drug-likeness (QED) is 0.687. The molecule has 1 heterocycles. The maximum absolute atomic E-state index is 12.4. The van der Waals surface area contributed by atoms with Crippen molar-refractivity contribution in [3.05, 3.63) is 54.1 Å². The van der Waals surface area contributed by atoms with Gasteiger partial charge in [0.2, 0.25) is 0 Å². The highest BCUT2D eigenvalue weighted by Crippen LogP contribution is 2.19. The number of rotatable bonds is 6. The lowest BCUT2D eigenvalue weighted by atomic mass is 10.2. The molecule has 0 bridgehead atoms. The number of piperazine rings is 1. The van der Waals surface area contributed by atoms with Crippen LogP contribution in [-0.2, 0) is 0 Å². The minimum Gasteiger partial charge on any atom is -0.491 e. The Balaban J connectivity index is 1.50. The molecule has 0 spiro atoms. The maximum Gasteiger partial charge on any atom is 0.257 e. The Morgan fingerprint density at radius 1 is 1.03 bits per heavy atom. The summed E-state index contributed by atoms with van der Waals surface area (Å²) in [5.74, 6) is 0.479. The van der Waals surface area contributed by atoms with Crippen LogP contribution in [0.1, 0.15) is 31.1 Å². The molecule has 1 aliphatic rings. The molecule has 0 saturated carbocycles. The topological polar surface area (TPSA) is 56.8 Å². The predicted molar refractivity (Wildman–Crippen MR) is 127 cm³/mol. The second-order valence-electron chi connectivity index (χ2n) is 7.57. The number of likely N-dealkylation sites (N-methyl/N-ethyl adjacent to an activating group) is 1. The van der Waals surface area contributed by atoms with Crippen LogP contribution >= 0.6 is 12.2 Å². The fourth-order valence-electron chi connectivity index (χ4n) is 3.37. The lowest BCUT2D eigenvalue weighted by molar-refractivity contribution is 0.0977. The SMILES string of the molecule is CCN1CCN(c2ccc(NC(=S)NC(=O)c3ccc(OC(C)C)cc3)cc2)CC1. The van der Waals surface area contributed by atoms with Crippen molar-refractivity contribution in [3.63, 3.8) is 0 Å². The lowest BCUT2D eigenvalue weighted by Gasteiger charge is -2.35. The molecule has 2 N–H and O–H groups in total. The van der Waals surface area contributed by atoms with E-state index >= 15 is 0 Å². The van der Waals surface area contributed by atoms with Gasteiger partial charge in [-0.3, -0.25) is 10.1 Å². The predicted octanol–water partition coefficient (Wildman–Crippen LogP) is 3.74. The van der Waals surface area contributed by atoms with Crippen LogP contribution in [0.3, 0.4) is 0 Å². The minimum atomic E-state index is -0.256. The van der Waals surface area contributed by atoms with Crippen molar-refractivity contribution in [3.8, 4) is 5.75 Å². The normalized spacial score (nSPS) is 14.5. The Morgan fingerprint density at radius 2 is 1.67 bits per heavy atom. The number of ether oxygens (including phenoxy) is 1. The van der Waals surface area contributed by atoms with Gasteiger partial charge < -0.3 is 19.9 Å². The van der Waals surface area contributed by atoms with Gasteiger partial charge in [0, 0.05) is 43.1 Å². The van der Waals surface area contributed by atoms with Crippen molar-refractivity contribution < 1.29 is 9.53 Å². The van der Waals surface area contributed by atoms with Gasteiger partial charge in [0.1, 0.15) is 5.75 Å². The molecule has 1 aliphatic heterocycles. The van der Waals surface area contributed by atoms with Crippen molar-refractivity contribution in [1.82, 2.24) is 10.2 Å². The molecule has 6 nitrogen and oxygen atoms in total. The minimum absolute atomic E-state index is 0.0915. The summed E-state index contributed by atoms with van der Waals surface area (Å²) in [5.41, 5.74) is 2.57. The summed E-state index contributed by atoms with van der Waals surface area (Å²) < 4.78 is 5.60. The van der Waals surface area contributed by atoms with Crippen molar-refractivity contribution in [2.75, 3.05) is 42.9 Å². The van der Waals surface area contributed by atoms with Gasteiger partial charge >= 0.3 is 0 Å². The number of nitrogens with one attached hydrogen (secondary N) is 2. The largest absolute Gasteiger partial charge is 0.491 e. The first-order valence-corrected chi connectivity index (χ1v) is 10.8. The summed E-state index contributed by atoms with van der Waals surface area (Å²) in [6, 6.07) is 15.2. The Bertz CT molecular complexity index is 845. The van der Waals surface area contributed by atoms with E-state index in [-0.39, 0.29) is 17.1 Å². The van der Waals surface area contributed by atoms with Gasteiger partial charge in [0.25, 0.3) is 5.91 Å². The second kappa shape index (κ2) is 10.4. The molecule has 0 aromatic heterocycles. The summed E-state index contributed by atoms with van der Waals surface area (Å²) in [7, 11) is 0. The zero-order valence-electron chi connectivity index (χ0n) is 17.9. The van der Waals surface area contributed by atoms with E-state index in [1.807, 2.05) is 26.0 Å². The van der Waals surface area contributed by atoms with Gasteiger partial charge in [0.05, 0.1) is 6.10 Å². The van der Waals surface area contributed by atoms with E-state index in [0.717, 1.165) is 44.2 Å². The van der Waals surface area contributed by atoms with Gasteiger partial charge in [-0.2, -0.15) is 0 Å². The van der Waals surface area contributed by atoms with E-state index in [9.17, 15) is 4.79 Å². The standard InChI is InChI=1S/C23H30N4O2S/c1-4-26-13-15-27(16-14-26)20-9-7-19(8-10-20)24-23(30)25-22(28)18-5-11-21(12-6-18)29-17(2)3/h5-12,17H,4,13-16H2,1-3H3,(H2,24,25,28,30). The number of thiocarbonyl (C=S) groups is 1. The van der Waals surface area contributed by atoms with Crippen LogP contribution in [0.15, 0.2) is 48.5 Å².